The lowest BCUT2D eigenvalue weighted by Gasteiger charge is -2.27. The minimum Gasteiger partial charge on any atom is -0.456 e. The summed E-state index contributed by atoms with van der Waals surface area (Å²) in [7, 11) is 0. The molecule has 0 unspecified atom stereocenters. The number of para-hydroxylation sites is 3. The number of nitrogens with zero attached hydrogens (tertiary/aromatic N) is 2. The fourth-order valence-electron chi connectivity index (χ4n) is 9.84. The van der Waals surface area contributed by atoms with Crippen molar-refractivity contribution in [1.82, 2.24) is 4.57 Å². The number of rotatable bonds is 9. The predicted molar refractivity (Wildman–Crippen MR) is 264 cm³/mol. The van der Waals surface area contributed by atoms with Crippen molar-refractivity contribution in [3.05, 3.63) is 247 Å². The van der Waals surface area contributed by atoms with Crippen molar-refractivity contribution in [2.75, 3.05) is 4.90 Å². The lowest BCUT2D eigenvalue weighted by molar-refractivity contribution is 0.669. The molecule has 0 N–H and O–H groups in total. The van der Waals surface area contributed by atoms with Crippen LogP contribution >= 0.6 is 0 Å². The van der Waals surface area contributed by atoms with Crippen molar-refractivity contribution in [2.24, 2.45) is 0 Å². The van der Waals surface area contributed by atoms with Gasteiger partial charge in [-0.25, -0.2) is 0 Å². The Morgan fingerprint density at radius 1 is 0.397 bits per heavy atom. The molecule has 0 spiro atoms. The van der Waals surface area contributed by atoms with Gasteiger partial charge >= 0.3 is 0 Å². The highest BCUT2D eigenvalue weighted by atomic mass is 16.3. The molecule has 0 saturated heterocycles. The van der Waals surface area contributed by atoms with Crippen LogP contribution in [0.25, 0.3) is 82.5 Å². The molecule has 0 amide bonds. The van der Waals surface area contributed by atoms with Crippen molar-refractivity contribution in [2.45, 2.75) is 13.0 Å². The van der Waals surface area contributed by atoms with Crippen LogP contribution in [-0.4, -0.2) is 4.57 Å². The Kier molecular flexibility index (Phi) is 8.97. The Hall–Kier alpha value is -8.14. The second-order valence-electron chi connectivity index (χ2n) is 16.4. The van der Waals surface area contributed by atoms with Gasteiger partial charge in [0, 0.05) is 57.6 Å². The zero-order valence-electron chi connectivity index (χ0n) is 34.7. The Morgan fingerprint density at radius 3 is 1.84 bits per heavy atom. The quantitative estimate of drug-likeness (QED) is 0.145. The number of furan rings is 1. The molecule has 12 aromatic rings. The summed E-state index contributed by atoms with van der Waals surface area (Å²) in [6.45, 7) is 0.654. The number of hydrogen-bond donors (Lipinski definition) is 0. The van der Waals surface area contributed by atoms with Gasteiger partial charge in [-0.05, 0) is 92.2 Å². The van der Waals surface area contributed by atoms with Crippen LogP contribution < -0.4 is 4.90 Å². The molecular formula is C60H42N2O. The second-order valence-corrected chi connectivity index (χ2v) is 16.4. The number of anilines is 2. The first-order valence-corrected chi connectivity index (χ1v) is 21.7. The molecule has 0 fully saturated rings. The zero-order chi connectivity index (χ0) is 41.7. The molecule has 0 saturated carbocycles. The van der Waals surface area contributed by atoms with Crippen LogP contribution in [-0.2, 0) is 13.0 Å². The standard InChI is InChI=1S/C60H42N2O/c1-4-17-41(18-5-1)42-31-34-48(35-32-42)61(40-46-22-11-12-26-51(46)43-19-6-2-7-20-43)50-38-47(58-57(39-50)63-56-36-33-44-21-10-13-27-52(44)59(56)58)37-45-23-16-29-54-53-28-14-15-30-55(53)62(60(45)54)49-24-8-3-9-25-49/h1-36,38-39H,37,40H2. The molecule has 0 bridgehead atoms. The van der Waals surface area contributed by atoms with Gasteiger partial charge in [0.05, 0.1) is 11.0 Å². The fourth-order valence-corrected chi connectivity index (χ4v) is 9.84. The number of aromatic nitrogens is 1. The van der Waals surface area contributed by atoms with E-state index in [9.17, 15) is 0 Å². The first-order chi connectivity index (χ1) is 31.2. The van der Waals surface area contributed by atoms with Gasteiger partial charge in [0.15, 0.2) is 0 Å². The molecule has 0 radical (unpaired) electrons. The first kappa shape index (κ1) is 36.7. The first-order valence-electron chi connectivity index (χ1n) is 21.7. The average molecular weight is 807 g/mol. The Labute approximate surface area is 366 Å². The SMILES string of the molecule is c1ccc(-c2ccc(N(Cc3ccccc3-c3ccccc3)c3cc(Cc4cccc5c6ccccc6n(-c6ccccc6)c45)c4c(c3)oc3ccc5ccccc5c34)cc2)cc1. The van der Waals surface area contributed by atoms with E-state index < -0.39 is 0 Å². The summed E-state index contributed by atoms with van der Waals surface area (Å²) in [6.07, 6.45) is 0.698. The number of fused-ring (bicyclic) bond motifs is 8. The summed E-state index contributed by atoms with van der Waals surface area (Å²) >= 11 is 0. The predicted octanol–water partition coefficient (Wildman–Crippen LogP) is 16.1. The normalized spacial score (nSPS) is 11.6. The van der Waals surface area contributed by atoms with Crippen LogP contribution in [0.15, 0.2) is 235 Å². The lowest BCUT2D eigenvalue weighted by Crippen LogP contribution is -2.17. The molecule has 3 heteroatoms. The van der Waals surface area contributed by atoms with E-state index in [0.717, 1.165) is 39.0 Å². The lowest BCUT2D eigenvalue weighted by atomic mass is 9.94. The smallest absolute Gasteiger partial charge is 0.137 e. The van der Waals surface area contributed by atoms with Crippen molar-refractivity contribution in [3.8, 4) is 27.9 Å². The van der Waals surface area contributed by atoms with Gasteiger partial charge in [-0.2, -0.15) is 0 Å². The largest absolute Gasteiger partial charge is 0.456 e. The Balaban J connectivity index is 1.10. The monoisotopic (exact) mass is 806 g/mol. The van der Waals surface area contributed by atoms with Gasteiger partial charge < -0.3 is 13.9 Å². The van der Waals surface area contributed by atoms with Crippen molar-refractivity contribution >= 4 is 65.9 Å². The maximum atomic E-state index is 6.98. The molecule has 10 aromatic carbocycles. The summed E-state index contributed by atoms with van der Waals surface area (Å²) in [6, 6.07) is 83.3. The van der Waals surface area contributed by atoms with Gasteiger partial charge in [-0.15, -0.1) is 0 Å². The van der Waals surface area contributed by atoms with Crippen LogP contribution in [0.4, 0.5) is 11.4 Å². The van der Waals surface area contributed by atoms with E-state index in [-0.39, 0.29) is 0 Å². The number of hydrogen-bond acceptors (Lipinski definition) is 2. The van der Waals surface area contributed by atoms with Gasteiger partial charge in [-0.3, -0.25) is 0 Å². The highest BCUT2D eigenvalue weighted by Crippen LogP contribution is 2.43. The fraction of sp³-hybridized carbons (Fsp3) is 0.0333. The molecule has 2 aromatic heterocycles. The third-order valence-corrected chi connectivity index (χ3v) is 12.7. The molecule has 3 nitrogen and oxygen atoms in total. The zero-order valence-corrected chi connectivity index (χ0v) is 34.7. The number of benzene rings is 10. The molecule has 0 aliphatic heterocycles. The molecule has 0 atom stereocenters. The van der Waals surface area contributed by atoms with Crippen molar-refractivity contribution in [1.29, 1.82) is 0 Å². The molecular weight excluding hydrogens is 765 g/mol. The minimum absolute atomic E-state index is 0.654. The van der Waals surface area contributed by atoms with Gasteiger partial charge in [0.1, 0.15) is 11.2 Å². The van der Waals surface area contributed by atoms with Crippen LogP contribution in [0, 0.1) is 0 Å². The molecule has 0 aliphatic rings. The maximum absolute atomic E-state index is 6.98. The molecule has 0 aliphatic carbocycles. The van der Waals surface area contributed by atoms with Gasteiger partial charge in [-0.1, -0.05) is 182 Å². The van der Waals surface area contributed by atoms with Crippen LogP contribution in [0.3, 0.4) is 0 Å². The van der Waals surface area contributed by atoms with Crippen molar-refractivity contribution in [3.63, 3.8) is 0 Å². The maximum Gasteiger partial charge on any atom is 0.137 e. The molecule has 298 valence electrons. The topological polar surface area (TPSA) is 21.3 Å². The molecule has 63 heavy (non-hydrogen) atoms. The summed E-state index contributed by atoms with van der Waals surface area (Å²) in [4.78, 5) is 2.46. The third-order valence-electron chi connectivity index (χ3n) is 12.7. The van der Waals surface area contributed by atoms with E-state index in [2.05, 4.69) is 240 Å². The second kappa shape index (κ2) is 15.4. The van der Waals surface area contributed by atoms with Gasteiger partial charge in [0.25, 0.3) is 0 Å². The summed E-state index contributed by atoms with van der Waals surface area (Å²) in [5.74, 6) is 0. The van der Waals surface area contributed by atoms with Crippen LogP contribution in [0.5, 0.6) is 0 Å². The van der Waals surface area contributed by atoms with Crippen LogP contribution in [0.2, 0.25) is 0 Å². The van der Waals surface area contributed by atoms with E-state index >= 15 is 0 Å². The Morgan fingerprint density at radius 2 is 1.03 bits per heavy atom. The minimum atomic E-state index is 0.654. The third kappa shape index (κ3) is 6.45. The molecule has 12 rings (SSSR count). The molecule has 2 heterocycles. The Bertz CT molecular complexity index is 3600. The average Bonchev–Trinajstić information content (AvgIpc) is 3.91. The summed E-state index contributed by atoms with van der Waals surface area (Å²) < 4.78 is 9.43. The van der Waals surface area contributed by atoms with E-state index in [1.807, 2.05) is 0 Å². The van der Waals surface area contributed by atoms with Gasteiger partial charge in [0.2, 0.25) is 0 Å². The van der Waals surface area contributed by atoms with E-state index in [4.69, 9.17) is 4.42 Å². The summed E-state index contributed by atoms with van der Waals surface area (Å²) in [5.41, 5.74) is 16.1. The van der Waals surface area contributed by atoms with Crippen molar-refractivity contribution < 1.29 is 4.42 Å². The highest BCUT2D eigenvalue weighted by molar-refractivity contribution is 6.20. The summed E-state index contributed by atoms with van der Waals surface area (Å²) in [5, 5.41) is 7.22. The highest BCUT2D eigenvalue weighted by Gasteiger charge is 2.22. The van der Waals surface area contributed by atoms with E-state index in [0.29, 0.717) is 13.0 Å². The van der Waals surface area contributed by atoms with E-state index in [1.165, 1.54) is 71.5 Å². The van der Waals surface area contributed by atoms with E-state index in [1.54, 1.807) is 0 Å². The van der Waals surface area contributed by atoms with Crippen LogP contribution in [0.1, 0.15) is 16.7 Å².